The molecule has 8 bridgehead atoms. The zero-order chi connectivity index (χ0) is 24.4. The third-order valence-electron chi connectivity index (χ3n) is 7.27. The van der Waals surface area contributed by atoms with Crippen molar-refractivity contribution in [3.05, 3.63) is 55.0 Å². The molecule has 5 aliphatic heterocycles. The standard InChI is InChI=1S/C27H31N7O2/c35-25-27(8-9-27)34-13-6-22(7-14-34)36-23-4-1-3-21(16-23)33-24-15-19(5-12-28-24)20-17-31-26(32-18-20)30-11-2-10-29-25/h1,3-5,12,15-18,22H,2,6-11,13-14H2,(H,28,33)(H,29,35)(H,30,31,32). The van der Waals surface area contributed by atoms with Gasteiger partial charge >= 0.3 is 0 Å². The highest BCUT2D eigenvalue weighted by Gasteiger charge is 2.54. The van der Waals surface area contributed by atoms with Gasteiger partial charge in [-0.25, -0.2) is 15.0 Å². The summed E-state index contributed by atoms with van der Waals surface area (Å²) in [7, 11) is 0. The Kier molecular flexibility index (Phi) is 6.14. The lowest BCUT2D eigenvalue weighted by molar-refractivity contribution is -0.129. The van der Waals surface area contributed by atoms with Gasteiger partial charge in [0.1, 0.15) is 23.2 Å². The quantitative estimate of drug-likeness (QED) is 0.444. The molecule has 9 heteroatoms. The number of anilines is 3. The molecule has 9 nitrogen and oxygen atoms in total. The summed E-state index contributed by atoms with van der Waals surface area (Å²) < 4.78 is 6.34. The molecule has 0 unspecified atom stereocenters. The molecule has 1 saturated heterocycles. The molecule has 9 rings (SSSR count). The third-order valence-corrected chi connectivity index (χ3v) is 7.27. The zero-order valence-corrected chi connectivity index (χ0v) is 20.2. The Hall–Kier alpha value is -3.72. The van der Waals surface area contributed by atoms with Crippen LogP contribution in [0.3, 0.4) is 0 Å². The van der Waals surface area contributed by atoms with Crippen LogP contribution in [-0.2, 0) is 4.79 Å². The van der Waals surface area contributed by atoms with E-state index in [1.807, 2.05) is 36.4 Å². The van der Waals surface area contributed by atoms with Gasteiger partial charge in [-0.15, -0.1) is 0 Å². The summed E-state index contributed by atoms with van der Waals surface area (Å²) in [5.74, 6) is 2.32. The maximum atomic E-state index is 13.0. The van der Waals surface area contributed by atoms with E-state index in [0.717, 1.165) is 73.6 Å². The van der Waals surface area contributed by atoms with Crippen LogP contribution in [0, 0.1) is 0 Å². The predicted molar refractivity (Wildman–Crippen MR) is 138 cm³/mol. The second-order valence-electron chi connectivity index (χ2n) is 9.75. The van der Waals surface area contributed by atoms with Crippen molar-refractivity contribution >= 4 is 23.4 Å². The molecule has 3 aromatic rings. The minimum Gasteiger partial charge on any atom is -0.490 e. The summed E-state index contributed by atoms with van der Waals surface area (Å²) in [4.78, 5) is 28.8. The Balaban J connectivity index is 1.23. The van der Waals surface area contributed by atoms with E-state index >= 15 is 0 Å². The molecule has 0 atom stereocenters. The molecule has 7 heterocycles. The molecule has 6 aliphatic rings. The van der Waals surface area contributed by atoms with Gasteiger partial charge in [0.05, 0.1) is 0 Å². The number of aromatic nitrogens is 3. The summed E-state index contributed by atoms with van der Waals surface area (Å²) in [5.41, 5.74) is 2.48. The number of amides is 1. The van der Waals surface area contributed by atoms with Gasteiger partial charge in [0, 0.05) is 62.1 Å². The van der Waals surface area contributed by atoms with E-state index in [-0.39, 0.29) is 17.6 Å². The number of nitrogens with one attached hydrogen (secondary N) is 3. The van der Waals surface area contributed by atoms with Gasteiger partial charge in [-0.3, -0.25) is 9.69 Å². The number of benzene rings is 1. The van der Waals surface area contributed by atoms with E-state index in [1.54, 1.807) is 18.6 Å². The second kappa shape index (κ2) is 9.73. The average Bonchev–Trinajstić information content (AvgIpc) is 3.71. The normalized spacial score (nSPS) is 23.2. The van der Waals surface area contributed by atoms with Crippen LogP contribution in [0.1, 0.15) is 32.1 Å². The smallest absolute Gasteiger partial charge is 0.240 e. The van der Waals surface area contributed by atoms with Crippen LogP contribution >= 0.6 is 0 Å². The van der Waals surface area contributed by atoms with Gasteiger partial charge in [-0.05, 0) is 61.9 Å². The maximum Gasteiger partial charge on any atom is 0.240 e. The van der Waals surface area contributed by atoms with E-state index < -0.39 is 0 Å². The van der Waals surface area contributed by atoms with E-state index in [2.05, 4.69) is 35.8 Å². The Morgan fingerprint density at radius 1 is 0.944 bits per heavy atom. The monoisotopic (exact) mass is 485 g/mol. The largest absolute Gasteiger partial charge is 0.490 e. The average molecular weight is 486 g/mol. The molecule has 2 fully saturated rings. The molecule has 0 radical (unpaired) electrons. The van der Waals surface area contributed by atoms with Gasteiger partial charge in [0.25, 0.3) is 0 Å². The van der Waals surface area contributed by atoms with Crippen molar-refractivity contribution in [2.24, 2.45) is 0 Å². The van der Waals surface area contributed by atoms with Crippen LogP contribution in [0.15, 0.2) is 55.0 Å². The van der Waals surface area contributed by atoms with Crippen molar-refractivity contribution in [3.63, 3.8) is 0 Å². The van der Waals surface area contributed by atoms with Crippen molar-refractivity contribution in [2.75, 3.05) is 36.8 Å². The summed E-state index contributed by atoms with van der Waals surface area (Å²) in [6.07, 6.45) is 10.0. The summed E-state index contributed by atoms with van der Waals surface area (Å²) in [6.45, 7) is 3.08. The fourth-order valence-electron chi connectivity index (χ4n) is 5.10. The highest BCUT2D eigenvalue weighted by molar-refractivity contribution is 5.89. The first kappa shape index (κ1) is 22.7. The topological polar surface area (TPSA) is 104 Å². The number of ether oxygens (including phenoxy) is 1. The minimum atomic E-state index is -0.322. The Morgan fingerprint density at radius 2 is 1.75 bits per heavy atom. The van der Waals surface area contributed by atoms with E-state index in [0.29, 0.717) is 19.0 Å². The molecule has 3 N–H and O–H groups in total. The van der Waals surface area contributed by atoms with Gasteiger partial charge in [-0.1, -0.05) is 6.07 Å². The van der Waals surface area contributed by atoms with E-state index in [4.69, 9.17) is 4.74 Å². The van der Waals surface area contributed by atoms with Crippen LogP contribution < -0.4 is 20.7 Å². The van der Waals surface area contributed by atoms with Crippen LogP contribution in [0.25, 0.3) is 11.1 Å². The predicted octanol–water partition coefficient (Wildman–Crippen LogP) is 3.59. The molecular weight excluding hydrogens is 454 g/mol. The van der Waals surface area contributed by atoms with Crippen LogP contribution in [0.2, 0.25) is 0 Å². The van der Waals surface area contributed by atoms with Crippen molar-refractivity contribution < 1.29 is 9.53 Å². The van der Waals surface area contributed by atoms with E-state index in [1.165, 1.54) is 0 Å². The molecule has 1 aliphatic carbocycles. The number of nitrogens with zero attached hydrogens (tertiary/aromatic N) is 4. The first-order valence-electron chi connectivity index (χ1n) is 12.8. The fraction of sp³-hybridized carbons (Fsp3) is 0.407. The van der Waals surface area contributed by atoms with Crippen LogP contribution in [0.4, 0.5) is 17.5 Å². The van der Waals surface area contributed by atoms with Gasteiger partial charge in [0.15, 0.2) is 0 Å². The summed E-state index contributed by atoms with van der Waals surface area (Å²) >= 11 is 0. The Labute approximate surface area is 210 Å². The third kappa shape index (κ3) is 4.83. The van der Waals surface area contributed by atoms with Crippen LogP contribution in [-0.4, -0.2) is 63.6 Å². The second-order valence-corrected chi connectivity index (χ2v) is 9.75. The fourth-order valence-corrected chi connectivity index (χ4v) is 5.10. The SMILES string of the molecule is O=C1NCCCNc2ncc(cn2)-c2ccnc(c2)Nc2cccc(c2)OC2CCN(CC2)C12CC2. The lowest BCUT2D eigenvalue weighted by atomic mass is 10.0. The number of rotatable bonds is 0. The molecular formula is C27H31N7O2. The molecule has 1 saturated carbocycles. The van der Waals surface area contributed by atoms with Crippen molar-refractivity contribution in [3.8, 4) is 16.9 Å². The van der Waals surface area contributed by atoms with Crippen molar-refractivity contribution in [2.45, 2.75) is 43.7 Å². The number of pyridine rings is 1. The summed E-state index contributed by atoms with van der Waals surface area (Å²) in [5, 5.41) is 9.79. The van der Waals surface area contributed by atoms with Gasteiger partial charge < -0.3 is 20.7 Å². The first-order valence-corrected chi connectivity index (χ1v) is 12.8. The molecule has 1 amide bonds. The van der Waals surface area contributed by atoms with E-state index in [9.17, 15) is 4.79 Å². The lowest BCUT2D eigenvalue weighted by Crippen LogP contribution is -2.53. The lowest BCUT2D eigenvalue weighted by Gasteiger charge is -2.37. The molecule has 1 aromatic carbocycles. The Bertz CT molecular complexity index is 1220. The Morgan fingerprint density at radius 3 is 2.56 bits per heavy atom. The molecule has 36 heavy (non-hydrogen) atoms. The number of hydrogen-bond donors (Lipinski definition) is 3. The number of hydrogen-bond acceptors (Lipinski definition) is 8. The number of piperidine rings is 1. The molecule has 2 aromatic heterocycles. The van der Waals surface area contributed by atoms with Crippen molar-refractivity contribution in [1.29, 1.82) is 0 Å². The van der Waals surface area contributed by atoms with Crippen molar-refractivity contribution in [1.82, 2.24) is 25.2 Å². The molecule has 186 valence electrons. The molecule has 1 spiro atoms. The minimum absolute atomic E-state index is 0.146. The zero-order valence-electron chi connectivity index (χ0n) is 20.2. The number of carbonyl (C=O) groups is 1. The van der Waals surface area contributed by atoms with Gasteiger partial charge in [0.2, 0.25) is 11.9 Å². The highest BCUT2D eigenvalue weighted by Crippen LogP contribution is 2.43. The summed E-state index contributed by atoms with van der Waals surface area (Å²) in [6, 6.07) is 11.9. The maximum absolute atomic E-state index is 13.0. The first-order chi connectivity index (χ1) is 17.7. The highest BCUT2D eigenvalue weighted by atomic mass is 16.5. The van der Waals surface area contributed by atoms with Gasteiger partial charge in [-0.2, -0.15) is 0 Å². The number of carbonyl (C=O) groups excluding carboxylic acids is 1. The van der Waals surface area contributed by atoms with Crippen LogP contribution in [0.5, 0.6) is 5.75 Å².